The van der Waals surface area contributed by atoms with Gasteiger partial charge in [-0.05, 0) is 69.5 Å². The number of benzene rings is 4. The first-order valence-corrected chi connectivity index (χ1v) is 18.4. The SMILES string of the molecule is C1=CC2C3=C(CCC=C3)C3(c4ccccc4-c4c3ccc3c4sc4ccc([C@H]5C=C6C=C(c7ccccc7)C=CC6CN5)cc43)C2C=C1. The van der Waals surface area contributed by atoms with E-state index < -0.39 is 0 Å². The highest BCUT2D eigenvalue weighted by Crippen LogP contribution is 2.67. The predicted octanol–water partition coefficient (Wildman–Crippen LogP) is 11.2. The highest BCUT2D eigenvalue weighted by Gasteiger charge is 2.58. The van der Waals surface area contributed by atoms with Gasteiger partial charge >= 0.3 is 0 Å². The van der Waals surface area contributed by atoms with Gasteiger partial charge in [0.1, 0.15) is 0 Å². The van der Waals surface area contributed by atoms with Gasteiger partial charge in [-0.1, -0.05) is 139 Å². The Morgan fingerprint density at radius 3 is 2.65 bits per heavy atom. The van der Waals surface area contributed by atoms with E-state index in [0.29, 0.717) is 17.8 Å². The smallest absolute Gasteiger partial charge is 0.0512 e. The van der Waals surface area contributed by atoms with Crippen molar-refractivity contribution < 1.29 is 0 Å². The van der Waals surface area contributed by atoms with E-state index in [9.17, 15) is 0 Å². The molecule has 1 spiro atoms. The van der Waals surface area contributed by atoms with Gasteiger partial charge in [0.15, 0.2) is 0 Å². The fraction of sp³-hybridized carbons (Fsp3) is 0.174. The van der Waals surface area contributed by atoms with E-state index >= 15 is 0 Å². The standard InChI is InChI=1S/C46H35NS/c1-2-10-28(11-3-1)29-18-19-31-27-47-42(26-32(31)24-29)30-20-23-43-37(25-30)35-21-22-41-44(45(35)48-43)36-14-6-9-17-40(36)46(41)38-15-7-4-12-33(38)34-13-5-8-16-39(34)46/h1-7,9-15,17-26,31,33,38,42,47H,8,16,27H2/t31?,33?,38?,42-,46?/m1/s1. The van der Waals surface area contributed by atoms with Crippen molar-refractivity contribution in [2.24, 2.45) is 17.8 Å². The number of rotatable bonds is 2. The van der Waals surface area contributed by atoms with Crippen molar-refractivity contribution in [1.82, 2.24) is 5.32 Å². The van der Waals surface area contributed by atoms with Crippen molar-refractivity contribution in [2.75, 3.05) is 6.54 Å². The molecule has 2 heterocycles. The van der Waals surface area contributed by atoms with Gasteiger partial charge in [0, 0.05) is 50.0 Å². The lowest BCUT2D eigenvalue weighted by atomic mass is 9.63. The zero-order valence-corrected chi connectivity index (χ0v) is 27.5. The van der Waals surface area contributed by atoms with Crippen LogP contribution in [0, 0.1) is 17.8 Å². The van der Waals surface area contributed by atoms with Crippen molar-refractivity contribution >= 4 is 37.1 Å². The van der Waals surface area contributed by atoms with Gasteiger partial charge in [-0.2, -0.15) is 0 Å². The average Bonchev–Trinajstić information content (AvgIpc) is 3.78. The quantitative estimate of drug-likeness (QED) is 0.204. The molecule has 230 valence electrons. The maximum Gasteiger partial charge on any atom is 0.0512 e. The van der Waals surface area contributed by atoms with Crippen LogP contribution in [0.5, 0.6) is 0 Å². The van der Waals surface area contributed by atoms with Gasteiger partial charge in [-0.3, -0.25) is 0 Å². The molecular formula is C46H35NS. The second-order valence-corrected chi connectivity index (χ2v) is 15.3. The molecule has 0 radical (unpaired) electrons. The Balaban J connectivity index is 1.06. The van der Waals surface area contributed by atoms with Gasteiger partial charge in [0.25, 0.3) is 0 Å². The van der Waals surface area contributed by atoms with Crippen LogP contribution in [0.4, 0.5) is 0 Å². The zero-order valence-electron chi connectivity index (χ0n) is 26.7. The van der Waals surface area contributed by atoms with E-state index in [2.05, 4.69) is 151 Å². The highest BCUT2D eigenvalue weighted by atomic mass is 32.1. The summed E-state index contributed by atoms with van der Waals surface area (Å²) in [6.07, 6.45) is 26.2. The molecule has 0 amide bonds. The third kappa shape index (κ3) is 3.60. The third-order valence-electron chi connectivity index (χ3n) is 12.0. The van der Waals surface area contributed by atoms with E-state index in [0.717, 1.165) is 19.4 Å². The molecule has 0 bridgehead atoms. The Bertz CT molecular complexity index is 2420. The summed E-state index contributed by atoms with van der Waals surface area (Å²) < 4.78 is 2.82. The third-order valence-corrected chi connectivity index (χ3v) is 13.2. The van der Waals surface area contributed by atoms with Gasteiger partial charge in [-0.15, -0.1) is 11.3 Å². The summed E-state index contributed by atoms with van der Waals surface area (Å²) in [5, 5.41) is 6.63. The fourth-order valence-corrected chi connectivity index (χ4v) is 11.3. The molecule has 1 N–H and O–H groups in total. The number of hydrogen-bond donors (Lipinski definition) is 1. The number of hydrogen-bond acceptors (Lipinski definition) is 2. The summed E-state index contributed by atoms with van der Waals surface area (Å²) in [6.45, 7) is 0.958. The van der Waals surface area contributed by atoms with Crippen LogP contribution in [0.15, 0.2) is 162 Å². The second-order valence-electron chi connectivity index (χ2n) is 14.3. The van der Waals surface area contributed by atoms with Gasteiger partial charge < -0.3 is 5.32 Å². The van der Waals surface area contributed by atoms with Crippen LogP contribution < -0.4 is 5.32 Å². The minimum Gasteiger partial charge on any atom is -0.306 e. The van der Waals surface area contributed by atoms with E-state index in [1.165, 1.54) is 64.7 Å². The van der Waals surface area contributed by atoms with Crippen molar-refractivity contribution in [3.8, 4) is 11.1 Å². The largest absolute Gasteiger partial charge is 0.306 e. The molecule has 0 fully saturated rings. The molecule has 4 aromatic carbocycles. The summed E-state index contributed by atoms with van der Waals surface area (Å²) in [4.78, 5) is 0. The minimum atomic E-state index is -0.0945. The molecule has 1 nitrogen and oxygen atoms in total. The minimum absolute atomic E-state index is 0.0945. The first kappa shape index (κ1) is 27.2. The number of fused-ring (bicyclic) bond motifs is 14. The average molecular weight is 634 g/mol. The molecule has 11 rings (SSSR count). The van der Waals surface area contributed by atoms with Crippen LogP contribution in [0.1, 0.15) is 41.1 Å². The molecule has 1 aliphatic heterocycles. The molecule has 2 heteroatoms. The number of nitrogens with one attached hydrogen (secondary N) is 1. The molecule has 4 unspecified atom stereocenters. The number of allylic oxidation sites excluding steroid dienone is 11. The summed E-state index contributed by atoms with van der Waals surface area (Å²) in [5.41, 5.74) is 14.4. The van der Waals surface area contributed by atoms with Crippen LogP contribution in [0.3, 0.4) is 0 Å². The zero-order chi connectivity index (χ0) is 31.4. The van der Waals surface area contributed by atoms with Gasteiger partial charge in [-0.25, -0.2) is 0 Å². The lowest BCUT2D eigenvalue weighted by Crippen LogP contribution is -2.35. The van der Waals surface area contributed by atoms with Gasteiger partial charge in [0.2, 0.25) is 0 Å². The van der Waals surface area contributed by atoms with Crippen molar-refractivity contribution in [2.45, 2.75) is 24.3 Å². The van der Waals surface area contributed by atoms with Crippen molar-refractivity contribution in [3.05, 3.63) is 185 Å². The molecule has 5 aliphatic carbocycles. The molecular weight excluding hydrogens is 599 g/mol. The van der Waals surface area contributed by atoms with E-state index in [1.807, 2.05) is 11.3 Å². The Morgan fingerprint density at radius 2 is 1.69 bits per heavy atom. The first-order chi connectivity index (χ1) is 23.8. The Labute approximate surface area is 285 Å². The van der Waals surface area contributed by atoms with Crippen LogP contribution in [-0.2, 0) is 5.41 Å². The van der Waals surface area contributed by atoms with Crippen molar-refractivity contribution in [3.63, 3.8) is 0 Å². The second kappa shape index (κ2) is 10.1. The van der Waals surface area contributed by atoms with E-state index in [4.69, 9.17) is 0 Å². The monoisotopic (exact) mass is 633 g/mol. The van der Waals surface area contributed by atoms with Crippen LogP contribution in [-0.4, -0.2) is 6.54 Å². The molecule has 0 saturated heterocycles. The van der Waals surface area contributed by atoms with Crippen LogP contribution in [0.2, 0.25) is 0 Å². The molecule has 5 aromatic rings. The highest BCUT2D eigenvalue weighted by molar-refractivity contribution is 7.26. The summed E-state index contributed by atoms with van der Waals surface area (Å²) in [6, 6.07) is 32.5. The summed E-state index contributed by atoms with van der Waals surface area (Å²) in [7, 11) is 0. The molecule has 5 atom stereocenters. The Morgan fingerprint density at radius 1 is 0.792 bits per heavy atom. The molecule has 48 heavy (non-hydrogen) atoms. The fourth-order valence-electron chi connectivity index (χ4n) is 10.0. The van der Waals surface area contributed by atoms with Crippen molar-refractivity contribution in [1.29, 1.82) is 0 Å². The molecule has 1 aromatic heterocycles. The molecule has 0 saturated carbocycles. The lowest BCUT2D eigenvalue weighted by Gasteiger charge is -2.38. The van der Waals surface area contributed by atoms with Crippen LogP contribution in [0.25, 0.3) is 36.9 Å². The van der Waals surface area contributed by atoms with E-state index in [-0.39, 0.29) is 11.5 Å². The number of thiophene rings is 1. The predicted molar refractivity (Wildman–Crippen MR) is 202 cm³/mol. The lowest BCUT2D eigenvalue weighted by molar-refractivity contribution is 0.425. The summed E-state index contributed by atoms with van der Waals surface area (Å²) in [5.74, 6) is 1.28. The summed E-state index contributed by atoms with van der Waals surface area (Å²) >= 11 is 1.99. The Hall–Kier alpha value is -4.76. The normalized spacial score (nSPS) is 27.6. The van der Waals surface area contributed by atoms with Gasteiger partial charge in [0.05, 0.1) is 11.5 Å². The van der Waals surface area contributed by atoms with Crippen LogP contribution >= 0.6 is 11.3 Å². The first-order valence-electron chi connectivity index (χ1n) is 17.5. The Kier molecular flexibility index (Phi) is 5.74. The molecule has 6 aliphatic rings. The van der Waals surface area contributed by atoms with E-state index in [1.54, 1.807) is 11.1 Å². The maximum absolute atomic E-state index is 3.86. The maximum atomic E-state index is 3.86. The topological polar surface area (TPSA) is 12.0 Å².